The molecule has 0 aromatic carbocycles. The fourth-order valence-electron chi connectivity index (χ4n) is 2.90. The molecule has 0 aliphatic carbocycles. The molecule has 2 aromatic rings. The largest absolute Gasteiger partial charge is 0.356 e. The number of hydrogen-bond donors (Lipinski definition) is 0. The van der Waals surface area contributed by atoms with Gasteiger partial charge in [-0.2, -0.15) is 14.6 Å². The summed E-state index contributed by atoms with van der Waals surface area (Å²) in [5.41, 5.74) is 1.53. The molecular formula is C15H23N5. The van der Waals surface area contributed by atoms with Crippen LogP contribution in [0.2, 0.25) is 0 Å². The van der Waals surface area contributed by atoms with Gasteiger partial charge in [0.25, 0.3) is 5.78 Å². The van der Waals surface area contributed by atoms with E-state index in [1.807, 2.05) is 4.52 Å². The monoisotopic (exact) mass is 273 g/mol. The van der Waals surface area contributed by atoms with Crippen LogP contribution < -0.4 is 4.90 Å². The number of aryl methyl sites for hydroxylation is 1. The summed E-state index contributed by atoms with van der Waals surface area (Å²) < 4.78 is 1.87. The van der Waals surface area contributed by atoms with Gasteiger partial charge in [0, 0.05) is 24.8 Å². The highest BCUT2D eigenvalue weighted by Gasteiger charge is 2.24. The van der Waals surface area contributed by atoms with Crippen molar-refractivity contribution >= 4 is 11.6 Å². The van der Waals surface area contributed by atoms with Gasteiger partial charge in [-0.15, -0.1) is 0 Å². The predicted octanol–water partition coefficient (Wildman–Crippen LogP) is 2.70. The molecule has 5 nitrogen and oxygen atoms in total. The van der Waals surface area contributed by atoms with Crippen molar-refractivity contribution in [2.45, 2.75) is 46.5 Å². The summed E-state index contributed by atoms with van der Waals surface area (Å²) in [6, 6.07) is 2.17. The van der Waals surface area contributed by atoms with Crippen molar-refractivity contribution in [2.75, 3.05) is 18.0 Å². The van der Waals surface area contributed by atoms with Crippen LogP contribution in [0.5, 0.6) is 0 Å². The van der Waals surface area contributed by atoms with Gasteiger partial charge in [-0.25, -0.2) is 4.98 Å². The number of aromatic nitrogens is 4. The molecule has 0 N–H and O–H groups in total. The van der Waals surface area contributed by atoms with E-state index in [1.54, 1.807) is 6.33 Å². The summed E-state index contributed by atoms with van der Waals surface area (Å²) in [6.07, 6.45) is 6.25. The van der Waals surface area contributed by atoms with Gasteiger partial charge >= 0.3 is 0 Å². The lowest BCUT2D eigenvalue weighted by Crippen LogP contribution is -2.27. The molecule has 1 fully saturated rings. The Bertz CT molecular complexity index is 601. The number of rotatable bonds is 2. The average molecular weight is 273 g/mol. The zero-order chi connectivity index (χ0) is 14.2. The first-order chi connectivity index (χ1) is 9.59. The van der Waals surface area contributed by atoms with E-state index in [4.69, 9.17) is 0 Å². The molecule has 3 heterocycles. The van der Waals surface area contributed by atoms with E-state index in [2.05, 4.69) is 46.8 Å². The highest BCUT2D eigenvalue weighted by Crippen LogP contribution is 2.31. The van der Waals surface area contributed by atoms with E-state index in [1.165, 1.54) is 19.3 Å². The maximum atomic E-state index is 4.52. The van der Waals surface area contributed by atoms with Gasteiger partial charge in [-0.05, 0) is 31.1 Å². The van der Waals surface area contributed by atoms with Crippen LogP contribution in [-0.2, 0) is 6.42 Å². The minimum Gasteiger partial charge on any atom is -0.356 e. The van der Waals surface area contributed by atoms with Crippen molar-refractivity contribution in [1.82, 2.24) is 19.6 Å². The molecule has 0 spiro atoms. The Balaban J connectivity index is 1.98. The minimum absolute atomic E-state index is 0.441. The van der Waals surface area contributed by atoms with Crippen LogP contribution in [0.15, 0.2) is 12.4 Å². The molecule has 0 saturated carbocycles. The Morgan fingerprint density at radius 1 is 1.25 bits per heavy atom. The Morgan fingerprint density at radius 3 is 2.90 bits per heavy atom. The first-order valence-electron chi connectivity index (χ1n) is 7.54. The summed E-state index contributed by atoms with van der Waals surface area (Å²) in [5.74, 6) is 1.85. The molecule has 0 radical (unpaired) electrons. The van der Waals surface area contributed by atoms with E-state index >= 15 is 0 Å². The van der Waals surface area contributed by atoms with E-state index < -0.39 is 0 Å². The van der Waals surface area contributed by atoms with Crippen LogP contribution in [0, 0.1) is 5.41 Å². The van der Waals surface area contributed by atoms with Crippen molar-refractivity contribution in [3.8, 4) is 0 Å². The summed E-state index contributed by atoms with van der Waals surface area (Å²) in [6.45, 7) is 9.03. The lowest BCUT2D eigenvalue weighted by molar-refractivity contribution is 0.325. The fourth-order valence-corrected chi connectivity index (χ4v) is 2.90. The van der Waals surface area contributed by atoms with E-state index in [-0.39, 0.29) is 0 Å². The molecule has 1 aliphatic heterocycles. The topological polar surface area (TPSA) is 46.3 Å². The van der Waals surface area contributed by atoms with Crippen molar-refractivity contribution in [3.63, 3.8) is 0 Å². The third-order valence-corrected chi connectivity index (χ3v) is 4.31. The number of hydrogen-bond acceptors (Lipinski definition) is 4. The zero-order valence-corrected chi connectivity index (χ0v) is 12.6. The minimum atomic E-state index is 0.441. The van der Waals surface area contributed by atoms with Gasteiger partial charge < -0.3 is 4.90 Å². The molecule has 3 rings (SSSR count). The van der Waals surface area contributed by atoms with Crippen LogP contribution in [0.1, 0.15) is 45.7 Å². The Morgan fingerprint density at radius 2 is 2.10 bits per heavy atom. The first-order valence-corrected chi connectivity index (χ1v) is 7.54. The molecule has 0 bridgehead atoms. The summed E-state index contributed by atoms with van der Waals surface area (Å²) >= 11 is 0. The second-order valence-electron chi connectivity index (χ2n) is 6.44. The normalized spacial score (nSPS) is 19.2. The molecule has 2 aromatic heterocycles. The third-order valence-electron chi connectivity index (χ3n) is 4.31. The number of nitrogens with zero attached hydrogens (tertiary/aromatic N) is 5. The van der Waals surface area contributed by atoms with Crippen LogP contribution in [0.25, 0.3) is 5.78 Å². The van der Waals surface area contributed by atoms with Gasteiger partial charge in [0.1, 0.15) is 12.1 Å². The quantitative estimate of drug-likeness (QED) is 0.844. The van der Waals surface area contributed by atoms with Crippen LogP contribution in [0.3, 0.4) is 0 Å². The van der Waals surface area contributed by atoms with Gasteiger partial charge in [0.05, 0.1) is 0 Å². The summed E-state index contributed by atoms with van der Waals surface area (Å²) in [4.78, 5) is 11.2. The predicted molar refractivity (Wildman–Crippen MR) is 80.0 cm³/mol. The van der Waals surface area contributed by atoms with E-state index in [9.17, 15) is 0 Å². The Hall–Kier alpha value is -1.65. The third kappa shape index (κ3) is 2.49. The van der Waals surface area contributed by atoms with Gasteiger partial charge in [0.2, 0.25) is 0 Å². The molecule has 0 unspecified atom stereocenters. The van der Waals surface area contributed by atoms with Gasteiger partial charge in [0.15, 0.2) is 0 Å². The highest BCUT2D eigenvalue weighted by atomic mass is 15.4. The molecule has 0 amide bonds. The van der Waals surface area contributed by atoms with Crippen molar-refractivity contribution in [2.24, 2.45) is 5.41 Å². The fraction of sp³-hybridized carbons (Fsp3) is 0.667. The van der Waals surface area contributed by atoms with Crippen LogP contribution in [-0.4, -0.2) is 32.7 Å². The first kappa shape index (κ1) is 13.3. The highest BCUT2D eigenvalue weighted by molar-refractivity contribution is 5.47. The maximum Gasteiger partial charge on any atom is 0.254 e. The summed E-state index contributed by atoms with van der Waals surface area (Å²) in [5, 5.41) is 4.34. The van der Waals surface area contributed by atoms with Crippen LogP contribution in [0.4, 0.5) is 5.82 Å². The standard InChI is InChI=1S/C15H23N5/c1-4-12-10-13(20-14(18-12)16-11-17-20)19-8-5-6-15(2,3)7-9-19/h10-11H,4-9H2,1-3H3. The van der Waals surface area contributed by atoms with Crippen molar-refractivity contribution < 1.29 is 0 Å². The lowest BCUT2D eigenvalue weighted by atomic mass is 9.85. The molecule has 5 heteroatoms. The number of anilines is 1. The number of fused-ring (bicyclic) bond motifs is 1. The Kier molecular flexibility index (Phi) is 3.36. The van der Waals surface area contributed by atoms with E-state index in [0.29, 0.717) is 11.2 Å². The lowest BCUT2D eigenvalue weighted by Gasteiger charge is -2.25. The van der Waals surface area contributed by atoms with Crippen molar-refractivity contribution in [1.29, 1.82) is 0 Å². The maximum absolute atomic E-state index is 4.52. The van der Waals surface area contributed by atoms with Gasteiger partial charge in [-0.1, -0.05) is 20.8 Å². The molecular weight excluding hydrogens is 250 g/mol. The second kappa shape index (κ2) is 5.04. The van der Waals surface area contributed by atoms with Crippen molar-refractivity contribution in [3.05, 3.63) is 18.1 Å². The van der Waals surface area contributed by atoms with E-state index in [0.717, 1.165) is 31.0 Å². The molecule has 1 aliphatic rings. The zero-order valence-electron chi connectivity index (χ0n) is 12.6. The average Bonchev–Trinajstić information content (AvgIpc) is 2.82. The Labute approximate surface area is 120 Å². The van der Waals surface area contributed by atoms with Gasteiger partial charge in [-0.3, -0.25) is 0 Å². The second-order valence-corrected chi connectivity index (χ2v) is 6.44. The molecule has 20 heavy (non-hydrogen) atoms. The smallest absolute Gasteiger partial charge is 0.254 e. The SMILES string of the molecule is CCc1cc(N2CCCC(C)(C)CC2)n2ncnc2n1. The molecule has 1 saturated heterocycles. The van der Waals surface area contributed by atoms with Crippen LogP contribution >= 0.6 is 0 Å². The molecule has 0 atom stereocenters. The molecule has 108 valence electrons. The summed E-state index contributed by atoms with van der Waals surface area (Å²) in [7, 11) is 0.